The van der Waals surface area contributed by atoms with Crippen LogP contribution in [0, 0.1) is 5.82 Å². The smallest absolute Gasteiger partial charge is 0.179 e. The molecule has 0 saturated heterocycles. The SMILES string of the molecule is CC(C)c1cccc(C(C)C)c1-n1c(-c2cccc3c2oc2cc(-c4cccc(F)c4)ccc23)nc2nc3ccccc3cc21. The van der Waals surface area contributed by atoms with Crippen LogP contribution < -0.4 is 0 Å². The second kappa shape index (κ2) is 10.4. The van der Waals surface area contributed by atoms with Crippen LogP contribution in [-0.2, 0) is 0 Å². The summed E-state index contributed by atoms with van der Waals surface area (Å²) in [5.74, 6) is 1.11. The van der Waals surface area contributed by atoms with E-state index < -0.39 is 0 Å². The molecule has 8 rings (SSSR count). The van der Waals surface area contributed by atoms with Crippen molar-refractivity contribution < 1.29 is 8.81 Å². The molecule has 0 aliphatic carbocycles. The Bertz CT molecular complexity index is 2390. The van der Waals surface area contributed by atoms with Gasteiger partial charge in [-0.05, 0) is 76.6 Å². The average molecular weight is 590 g/mol. The van der Waals surface area contributed by atoms with E-state index >= 15 is 0 Å². The Hall–Kier alpha value is -5.29. The van der Waals surface area contributed by atoms with Gasteiger partial charge in [0.15, 0.2) is 11.5 Å². The van der Waals surface area contributed by atoms with Crippen LogP contribution in [0.5, 0.6) is 0 Å². The average Bonchev–Trinajstić information content (AvgIpc) is 3.60. The molecule has 4 nitrogen and oxygen atoms in total. The third kappa shape index (κ3) is 4.41. The Kier molecular flexibility index (Phi) is 6.31. The Balaban J connectivity index is 1.45. The molecular formula is C40H32FN3O. The zero-order valence-electron chi connectivity index (χ0n) is 25.7. The normalized spacial score (nSPS) is 12.1. The van der Waals surface area contributed by atoms with Gasteiger partial charge in [-0.15, -0.1) is 0 Å². The van der Waals surface area contributed by atoms with Gasteiger partial charge in [0.1, 0.15) is 17.0 Å². The molecule has 0 atom stereocenters. The standard InChI is InChI=1S/C40H32FN3O/c1-23(2)29-13-8-14-30(24(3)4)37(29)44-35-21-27-10-5-6-17-34(27)42-39(35)43-40(44)33-16-9-15-32-31-19-18-26(22-36(31)45-38(32)33)25-11-7-12-28(41)20-25/h5-24H,1-4H3. The number of furan rings is 1. The van der Waals surface area contributed by atoms with Crippen molar-refractivity contribution in [1.82, 2.24) is 14.5 Å². The summed E-state index contributed by atoms with van der Waals surface area (Å²) in [6.45, 7) is 8.97. The summed E-state index contributed by atoms with van der Waals surface area (Å²) in [7, 11) is 0. The van der Waals surface area contributed by atoms with Gasteiger partial charge in [0, 0.05) is 16.2 Å². The number of hydrogen-bond donors (Lipinski definition) is 0. The van der Waals surface area contributed by atoms with Crippen LogP contribution in [0.4, 0.5) is 4.39 Å². The van der Waals surface area contributed by atoms with Crippen LogP contribution in [0.3, 0.4) is 0 Å². The lowest BCUT2D eigenvalue weighted by molar-refractivity contribution is 0.628. The highest BCUT2D eigenvalue weighted by molar-refractivity contribution is 6.10. The molecule has 0 aliphatic rings. The van der Waals surface area contributed by atoms with E-state index in [2.05, 4.69) is 86.9 Å². The first-order chi connectivity index (χ1) is 21.9. The number of pyridine rings is 1. The van der Waals surface area contributed by atoms with Crippen molar-refractivity contribution in [2.75, 3.05) is 0 Å². The fraction of sp³-hybridized carbons (Fsp3) is 0.150. The Morgan fingerprint density at radius 1 is 0.667 bits per heavy atom. The van der Waals surface area contributed by atoms with E-state index in [1.165, 1.54) is 17.2 Å². The molecule has 0 amide bonds. The Morgan fingerprint density at radius 2 is 1.40 bits per heavy atom. The van der Waals surface area contributed by atoms with Crippen molar-refractivity contribution in [3.05, 3.63) is 126 Å². The molecule has 5 aromatic carbocycles. The summed E-state index contributed by atoms with van der Waals surface area (Å²) in [4.78, 5) is 10.3. The molecule has 5 heteroatoms. The number of fused-ring (bicyclic) bond motifs is 5. The third-order valence-corrected chi connectivity index (χ3v) is 8.81. The molecule has 0 bridgehead atoms. The molecule has 3 heterocycles. The van der Waals surface area contributed by atoms with E-state index in [9.17, 15) is 4.39 Å². The highest BCUT2D eigenvalue weighted by atomic mass is 19.1. The fourth-order valence-corrected chi connectivity index (χ4v) is 6.60. The monoisotopic (exact) mass is 589 g/mol. The van der Waals surface area contributed by atoms with Crippen molar-refractivity contribution in [2.24, 2.45) is 0 Å². The first-order valence-corrected chi connectivity index (χ1v) is 15.5. The van der Waals surface area contributed by atoms with Gasteiger partial charge in [0.25, 0.3) is 0 Å². The molecular weight excluding hydrogens is 557 g/mol. The van der Waals surface area contributed by atoms with Gasteiger partial charge in [-0.2, -0.15) is 0 Å². The molecule has 0 spiro atoms. The number of aromatic nitrogens is 3. The number of para-hydroxylation sites is 3. The minimum Gasteiger partial charge on any atom is -0.455 e. The van der Waals surface area contributed by atoms with E-state index in [0.29, 0.717) is 17.5 Å². The summed E-state index contributed by atoms with van der Waals surface area (Å²) in [5, 5.41) is 3.08. The first kappa shape index (κ1) is 27.3. The summed E-state index contributed by atoms with van der Waals surface area (Å²) >= 11 is 0. The van der Waals surface area contributed by atoms with E-state index in [-0.39, 0.29) is 5.82 Å². The second-order valence-corrected chi connectivity index (χ2v) is 12.4. The summed E-state index contributed by atoms with van der Waals surface area (Å²) in [6.07, 6.45) is 0. The van der Waals surface area contributed by atoms with Crippen molar-refractivity contribution in [3.8, 4) is 28.2 Å². The molecule has 3 aromatic heterocycles. The molecule has 0 saturated carbocycles. The molecule has 0 aliphatic heterocycles. The molecule has 8 aromatic rings. The van der Waals surface area contributed by atoms with Crippen molar-refractivity contribution in [2.45, 2.75) is 39.5 Å². The summed E-state index contributed by atoms with van der Waals surface area (Å²) < 4.78 is 23.0. The highest BCUT2D eigenvalue weighted by Gasteiger charge is 2.25. The lowest BCUT2D eigenvalue weighted by Crippen LogP contribution is -2.08. The van der Waals surface area contributed by atoms with Crippen LogP contribution in [0.2, 0.25) is 0 Å². The van der Waals surface area contributed by atoms with Gasteiger partial charge >= 0.3 is 0 Å². The second-order valence-electron chi connectivity index (χ2n) is 12.4. The van der Waals surface area contributed by atoms with Gasteiger partial charge in [-0.1, -0.05) is 94.4 Å². The fourth-order valence-electron chi connectivity index (χ4n) is 6.60. The van der Waals surface area contributed by atoms with Crippen molar-refractivity contribution in [1.29, 1.82) is 0 Å². The maximum absolute atomic E-state index is 14.1. The largest absolute Gasteiger partial charge is 0.455 e. The van der Waals surface area contributed by atoms with E-state index in [0.717, 1.165) is 66.6 Å². The van der Waals surface area contributed by atoms with Crippen molar-refractivity contribution >= 4 is 44.0 Å². The molecule has 45 heavy (non-hydrogen) atoms. The van der Waals surface area contributed by atoms with Crippen LogP contribution in [-0.4, -0.2) is 14.5 Å². The number of benzene rings is 5. The van der Waals surface area contributed by atoms with Crippen LogP contribution >= 0.6 is 0 Å². The van der Waals surface area contributed by atoms with Gasteiger partial charge < -0.3 is 4.42 Å². The van der Waals surface area contributed by atoms with Crippen LogP contribution in [0.1, 0.15) is 50.7 Å². The number of nitrogens with zero attached hydrogens (tertiary/aromatic N) is 3. The minimum atomic E-state index is -0.262. The number of hydrogen-bond acceptors (Lipinski definition) is 3. The van der Waals surface area contributed by atoms with Gasteiger partial charge in [-0.3, -0.25) is 4.57 Å². The minimum absolute atomic E-state index is 0.262. The first-order valence-electron chi connectivity index (χ1n) is 15.5. The predicted molar refractivity (Wildman–Crippen MR) is 183 cm³/mol. The highest BCUT2D eigenvalue weighted by Crippen LogP contribution is 2.41. The third-order valence-electron chi connectivity index (χ3n) is 8.81. The zero-order valence-corrected chi connectivity index (χ0v) is 25.7. The zero-order chi connectivity index (χ0) is 30.8. The lowest BCUT2D eigenvalue weighted by atomic mass is 9.92. The van der Waals surface area contributed by atoms with Crippen LogP contribution in [0.25, 0.3) is 72.2 Å². The van der Waals surface area contributed by atoms with E-state index in [1.807, 2.05) is 36.4 Å². The van der Waals surface area contributed by atoms with Gasteiger partial charge in [0.05, 0.1) is 22.3 Å². The number of halogens is 1. The predicted octanol–water partition coefficient (Wildman–Crippen LogP) is 11.2. The topological polar surface area (TPSA) is 43.9 Å². The lowest BCUT2D eigenvalue weighted by Gasteiger charge is -2.22. The molecule has 0 N–H and O–H groups in total. The van der Waals surface area contributed by atoms with Crippen LogP contribution in [0.15, 0.2) is 114 Å². The van der Waals surface area contributed by atoms with E-state index in [1.54, 1.807) is 12.1 Å². The molecule has 220 valence electrons. The van der Waals surface area contributed by atoms with Gasteiger partial charge in [-0.25, -0.2) is 14.4 Å². The summed E-state index contributed by atoms with van der Waals surface area (Å²) in [6, 6.07) is 36.0. The molecule has 0 radical (unpaired) electrons. The molecule has 0 fully saturated rings. The number of rotatable bonds is 5. The summed E-state index contributed by atoms with van der Waals surface area (Å²) in [5.41, 5.74) is 10.3. The Morgan fingerprint density at radius 3 is 2.18 bits per heavy atom. The maximum Gasteiger partial charge on any atom is 0.179 e. The Labute approximate surface area is 260 Å². The van der Waals surface area contributed by atoms with Crippen molar-refractivity contribution in [3.63, 3.8) is 0 Å². The maximum atomic E-state index is 14.1. The van der Waals surface area contributed by atoms with Gasteiger partial charge in [0.2, 0.25) is 0 Å². The van der Waals surface area contributed by atoms with E-state index in [4.69, 9.17) is 14.4 Å². The number of imidazole rings is 1. The quantitative estimate of drug-likeness (QED) is 0.201. The molecule has 0 unspecified atom stereocenters.